The second-order valence-corrected chi connectivity index (χ2v) is 9.21. The van der Waals surface area contributed by atoms with Crippen LogP contribution in [0.3, 0.4) is 0 Å². The summed E-state index contributed by atoms with van der Waals surface area (Å²) < 4.78 is 5.27. The van der Waals surface area contributed by atoms with E-state index in [-0.39, 0.29) is 0 Å². The quantitative estimate of drug-likeness (QED) is 0.645. The molecule has 33 heavy (non-hydrogen) atoms. The average Bonchev–Trinajstić information content (AvgIpc) is 2.85. The third-order valence-corrected chi connectivity index (χ3v) is 7.00. The number of piperidine rings is 1. The second-order valence-electron chi connectivity index (χ2n) is 9.21. The Kier molecular flexibility index (Phi) is 6.04. The SMILES string of the molecule is COc1ccc(C2(O)CCN(c3nc(C)nc4c3CN(Cc3ccccc3)CC4)CC2)cc1. The lowest BCUT2D eigenvalue weighted by atomic mass is 9.84. The molecule has 5 rings (SSSR count). The summed E-state index contributed by atoms with van der Waals surface area (Å²) in [4.78, 5) is 14.5. The van der Waals surface area contributed by atoms with Gasteiger partial charge in [-0.25, -0.2) is 9.97 Å². The van der Waals surface area contributed by atoms with Gasteiger partial charge in [0.1, 0.15) is 17.4 Å². The minimum Gasteiger partial charge on any atom is -0.497 e. The molecule has 1 N–H and O–H groups in total. The highest BCUT2D eigenvalue weighted by atomic mass is 16.5. The average molecular weight is 445 g/mol. The van der Waals surface area contributed by atoms with E-state index in [2.05, 4.69) is 40.1 Å². The zero-order chi connectivity index (χ0) is 22.8. The summed E-state index contributed by atoms with van der Waals surface area (Å²) in [7, 11) is 1.66. The van der Waals surface area contributed by atoms with Crippen LogP contribution in [0.5, 0.6) is 5.75 Å². The smallest absolute Gasteiger partial charge is 0.137 e. The molecular formula is C27H32N4O2. The van der Waals surface area contributed by atoms with E-state index in [1.807, 2.05) is 31.2 Å². The van der Waals surface area contributed by atoms with Crippen LogP contribution in [0.25, 0.3) is 0 Å². The number of benzene rings is 2. The van der Waals surface area contributed by atoms with Crippen LogP contribution in [0.15, 0.2) is 54.6 Å². The van der Waals surface area contributed by atoms with E-state index in [9.17, 15) is 5.11 Å². The fourth-order valence-corrected chi connectivity index (χ4v) is 5.09. The summed E-state index contributed by atoms with van der Waals surface area (Å²) in [5.41, 5.74) is 3.90. The van der Waals surface area contributed by atoms with Gasteiger partial charge in [-0.1, -0.05) is 42.5 Å². The molecule has 0 spiro atoms. The van der Waals surface area contributed by atoms with E-state index in [0.717, 1.165) is 62.1 Å². The predicted molar refractivity (Wildman–Crippen MR) is 129 cm³/mol. The number of nitrogens with zero attached hydrogens (tertiary/aromatic N) is 4. The Labute approximate surface area is 195 Å². The standard InChI is InChI=1S/C27H32N4O2/c1-20-28-25-12-15-30(18-21-6-4-3-5-7-21)19-24(25)26(29-20)31-16-13-27(32,14-17-31)22-8-10-23(33-2)11-9-22/h3-11,32H,12-19H2,1-2H3. The summed E-state index contributed by atoms with van der Waals surface area (Å²) in [6.45, 7) is 6.32. The molecular weight excluding hydrogens is 412 g/mol. The van der Waals surface area contributed by atoms with Crippen molar-refractivity contribution in [2.24, 2.45) is 0 Å². The Morgan fingerprint density at radius 3 is 2.39 bits per heavy atom. The Morgan fingerprint density at radius 2 is 1.70 bits per heavy atom. The van der Waals surface area contributed by atoms with Crippen LogP contribution in [-0.2, 0) is 25.1 Å². The molecule has 0 unspecified atom stereocenters. The zero-order valence-electron chi connectivity index (χ0n) is 19.5. The van der Waals surface area contributed by atoms with E-state index in [4.69, 9.17) is 14.7 Å². The monoisotopic (exact) mass is 444 g/mol. The van der Waals surface area contributed by atoms with Gasteiger partial charge in [-0.15, -0.1) is 0 Å². The van der Waals surface area contributed by atoms with Crippen molar-refractivity contribution in [2.45, 2.75) is 44.9 Å². The maximum absolute atomic E-state index is 11.4. The van der Waals surface area contributed by atoms with E-state index < -0.39 is 5.60 Å². The number of hydrogen-bond donors (Lipinski definition) is 1. The topological polar surface area (TPSA) is 61.7 Å². The van der Waals surface area contributed by atoms with E-state index in [1.165, 1.54) is 16.8 Å². The highest BCUT2D eigenvalue weighted by Crippen LogP contribution is 2.37. The van der Waals surface area contributed by atoms with Crippen molar-refractivity contribution >= 4 is 5.82 Å². The fraction of sp³-hybridized carbons (Fsp3) is 0.407. The van der Waals surface area contributed by atoms with Gasteiger partial charge in [0.2, 0.25) is 0 Å². The first-order valence-corrected chi connectivity index (χ1v) is 11.8. The summed E-state index contributed by atoms with van der Waals surface area (Å²) in [6.07, 6.45) is 2.29. The van der Waals surface area contributed by atoms with Crippen molar-refractivity contribution in [3.05, 3.63) is 82.8 Å². The number of methoxy groups -OCH3 is 1. The van der Waals surface area contributed by atoms with Crippen LogP contribution >= 0.6 is 0 Å². The number of anilines is 1. The molecule has 2 aromatic carbocycles. The maximum atomic E-state index is 11.4. The Hall–Kier alpha value is -2.96. The molecule has 6 nitrogen and oxygen atoms in total. The van der Waals surface area contributed by atoms with Crippen molar-refractivity contribution in [3.8, 4) is 5.75 Å². The number of aliphatic hydroxyl groups is 1. The largest absolute Gasteiger partial charge is 0.497 e. The number of hydrogen-bond acceptors (Lipinski definition) is 6. The van der Waals surface area contributed by atoms with Crippen LogP contribution in [0.2, 0.25) is 0 Å². The van der Waals surface area contributed by atoms with Gasteiger partial charge in [0.15, 0.2) is 0 Å². The first kappa shape index (κ1) is 21.9. The van der Waals surface area contributed by atoms with Gasteiger partial charge < -0.3 is 14.7 Å². The van der Waals surface area contributed by atoms with E-state index in [0.29, 0.717) is 12.8 Å². The molecule has 0 amide bonds. The van der Waals surface area contributed by atoms with Crippen LogP contribution < -0.4 is 9.64 Å². The van der Waals surface area contributed by atoms with Crippen LogP contribution in [-0.4, -0.2) is 46.7 Å². The number of aryl methyl sites for hydroxylation is 1. The lowest BCUT2D eigenvalue weighted by molar-refractivity contribution is 0.0115. The molecule has 1 saturated heterocycles. The molecule has 0 atom stereocenters. The molecule has 1 fully saturated rings. The summed E-state index contributed by atoms with van der Waals surface area (Å²) in [5.74, 6) is 2.69. The van der Waals surface area contributed by atoms with E-state index in [1.54, 1.807) is 7.11 Å². The highest BCUT2D eigenvalue weighted by molar-refractivity contribution is 5.51. The van der Waals surface area contributed by atoms with Crippen molar-refractivity contribution in [1.29, 1.82) is 0 Å². The minimum absolute atomic E-state index is 0.672. The minimum atomic E-state index is -0.815. The molecule has 2 aliphatic rings. The first-order chi connectivity index (χ1) is 16.0. The van der Waals surface area contributed by atoms with Crippen molar-refractivity contribution in [1.82, 2.24) is 14.9 Å². The Morgan fingerprint density at radius 1 is 0.970 bits per heavy atom. The van der Waals surface area contributed by atoms with Gasteiger partial charge in [-0.2, -0.15) is 0 Å². The maximum Gasteiger partial charge on any atom is 0.137 e. The third kappa shape index (κ3) is 4.59. The molecule has 3 heterocycles. The number of fused-ring (bicyclic) bond motifs is 1. The molecule has 6 heteroatoms. The van der Waals surface area contributed by atoms with Crippen LogP contribution in [0.1, 0.15) is 41.1 Å². The first-order valence-electron chi connectivity index (χ1n) is 11.8. The molecule has 0 radical (unpaired) electrons. The van der Waals surface area contributed by atoms with Crippen molar-refractivity contribution in [2.75, 3.05) is 31.6 Å². The molecule has 2 aliphatic heterocycles. The Bertz CT molecular complexity index is 1090. The normalized spacial score (nSPS) is 18.1. The Balaban J connectivity index is 1.33. The molecule has 3 aromatic rings. The lowest BCUT2D eigenvalue weighted by Gasteiger charge is -2.40. The third-order valence-electron chi connectivity index (χ3n) is 7.00. The van der Waals surface area contributed by atoms with Crippen molar-refractivity contribution in [3.63, 3.8) is 0 Å². The molecule has 0 aliphatic carbocycles. The van der Waals surface area contributed by atoms with E-state index >= 15 is 0 Å². The molecule has 0 bridgehead atoms. The summed E-state index contributed by atoms with van der Waals surface area (Å²) in [5, 5.41) is 11.4. The predicted octanol–water partition coefficient (Wildman–Crippen LogP) is 3.84. The van der Waals surface area contributed by atoms with Crippen molar-refractivity contribution < 1.29 is 9.84 Å². The van der Waals surface area contributed by atoms with Gasteiger partial charge >= 0.3 is 0 Å². The molecule has 0 saturated carbocycles. The summed E-state index contributed by atoms with van der Waals surface area (Å²) >= 11 is 0. The van der Waals surface area contributed by atoms with Crippen LogP contribution in [0, 0.1) is 6.92 Å². The van der Waals surface area contributed by atoms with Crippen LogP contribution in [0.4, 0.5) is 5.82 Å². The lowest BCUT2D eigenvalue weighted by Crippen LogP contribution is -2.44. The number of aromatic nitrogens is 2. The highest BCUT2D eigenvalue weighted by Gasteiger charge is 2.36. The fourth-order valence-electron chi connectivity index (χ4n) is 5.09. The molecule has 172 valence electrons. The van der Waals surface area contributed by atoms with Gasteiger partial charge in [-0.05, 0) is 43.0 Å². The second kappa shape index (κ2) is 9.12. The van der Waals surface area contributed by atoms with Gasteiger partial charge in [0.05, 0.1) is 18.4 Å². The van der Waals surface area contributed by atoms with Gasteiger partial charge in [-0.3, -0.25) is 4.90 Å². The number of rotatable bonds is 5. The molecule has 1 aromatic heterocycles. The summed E-state index contributed by atoms with van der Waals surface area (Å²) in [6, 6.07) is 18.4. The zero-order valence-corrected chi connectivity index (χ0v) is 19.5. The van der Waals surface area contributed by atoms with Gasteiger partial charge in [0, 0.05) is 44.7 Å². The van der Waals surface area contributed by atoms with Gasteiger partial charge in [0.25, 0.3) is 0 Å². The number of ether oxygens (including phenoxy) is 1.